The van der Waals surface area contributed by atoms with E-state index in [2.05, 4.69) is 5.32 Å². The first-order chi connectivity index (χ1) is 22.2. The second kappa shape index (κ2) is 15.6. The zero-order chi connectivity index (χ0) is 34.4. The third-order valence-corrected chi connectivity index (χ3v) is 10.4. The maximum Gasteiger partial charge on any atom is 0.407 e. The molecule has 2 amide bonds. The highest BCUT2D eigenvalue weighted by Gasteiger charge is 2.49. The SMILES string of the molecule is CC(C)OC(=O)NCCC(C)(C)CN(C[C@@H](O)[C@H](Cc1ccccc1)N(C(=O)O)[C@H]1CO[C@H]2OCC[C@H]21)S(=O)(=O)c1ccc(N)cc1. The summed E-state index contributed by atoms with van der Waals surface area (Å²) < 4.78 is 46.1. The molecule has 2 heterocycles. The number of hydrogen-bond acceptors (Lipinski definition) is 9. The summed E-state index contributed by atoms with van der Waals surface area (Å²) in [6, 6.07) is 13.4. The van der Waals surface area contributed by atoms with Crippen LogP contribution in [0.5, 0.6) is 0 Å². The summed E-state index contributed by atoms with van der Waals surface area (Å²) >= 11 is 0. The second-order valence-corrected chi connectivity index (χ2v) is 15.2. The normalized spacial score (nSPS) is 21.0. The van der Waals surface area contributed by atoms with Gasteiger partial charge in [0.25, 0.3) is 0 Å². The number of nitrogens with two attached hydrogens (primary N) is 1. The smallest absolute Gasteiger partial charge is 0.407 e. The Morgan fingerprint density at radius 3 is 2.43 bits per heavy atom. The summed E-state index contributed by atoms with van der Waals surface area (Å²) in [6.45, 7) is 7.56. The Labute approximate surface area is 277 Å². The summed E-state index contributed by atoms with van der Waals surface area (Å²) in [6.07, 6.45) is -2.90. The number of carboxylic acid groups (broad SMARTS) is 1. The van der Waals surface area contributed by atoms with Gasteiger partial charge >= 0.3 is 12.2 Å². The minimum absolute atomic E-state index is 0.0156. The molecule has 2 aromatic rings. The molecule has 0 saturated carbocycles. The number of hydrogen-bond donors (Lipinski definition) is 4. The number of rotatable bonds is 15. The van der Waals surface area contributed by atoms with Gasteiger partial charge in [-0.05, 0) is 68.4 Å². The van der Waals surface area contributed by atoms with Crippen molar-refractivity contribution >= 4 is 27.9 Å². The van der Waals surface area contributed by atoms with Crippen molar-refractivity contribution in [2.75, 3.05) is 38.6 Å². The molecule has 260 valence electrons. The lowest BCUT2D eigenvalue weighted by Crippen LogP contribution is -2.58. The van der Waals surface area contributed by atoms with Crippen LogP contribution in [0, 0.1) is 11.3 Å². The first-order valence-electron chi connectivity index (χ1n) is 15.9. The van der Waals surface area contributed by atoms with Gasteiger partial charge in [-0.15, -0.1) is 0 Å². The number of benzene rings is 2. The lowest BCUT2D eigenvalue weighted by molar-refractivity contribution is -0.0906. The number of aliphatic hydroxyl groups excluding tert-OH is 1. The lowest BCUT2D eigenvalue weighted by Gasteiger charge is -2.40. The standard InChI is InChI=1S/C33H48N4O9S/c1-22(2)46-31(39)35-16-15-33(3,4)21-36(47(42,43)25-12-10-24(34)11-13-25)19-29(38)27(18-23-8-6-5-7-9-23)37(32(40)41)28-20-45-30-26(28)14-17-44-30/h5-13,22,26-30,38H,14-21,34H2,1-4H3,(H,35,39)(H,40,41)/t26-,27-,28-,29+,30+/m0/s1. The minimum Gasteiger partial charge on any atom is -0.465 e. The molecule has 2 aliphatic rings. The number of nitrogen functional groups attached to an aromatic ring is 1. The number of carbonyl (C=O) groups excluding carboxylic acids is 1. The fourth-order valence-electron chi connectivity index (χ4n) is 6.22. The number of nitrogens with one attached hydrogen (secondary N) is 1. The minimum atomic E-state index is -4.19. The van der Waals surface area contributed by atoms with E-state index in [4.69, 9.17) is 19.9 Å². The van der Waals surface area contributed by atoms with Gasteiger partial charge < -0.3 is 35.5 Å². The van der Waals surface area contributed by atoms with Crippen LogP contribution in [0.4, 0.5) is 15.3 Å². The van der Waals surface area contributed by atoms with Crippen LogP contribution >= 0.6 is 0 Å². The van der Waals surface area contributed by atoms with Gasteiger partial charge in [0.2, 0.25) is 10.0 Å². The van der Waals surface area contributed by atoms with E-state index >= 15 is 0 Å². The van der Waals surface area contributed by atoms with Crippen LogP contribution in [0.1, 0.15) is 46.1 Å². The molecule has 0 aliphatic carbocycles. The van der Waals surface area contributed by atoms with Gasteiger partial charge in [-0.25, -0.2) is 18.0 Å². The highest BCUT2D eigenvalue weighted by atomic mass is 32.2. The van der Waals surface area contributed by atoms with Gasteiger partial charge in [-0.3, -0.25) is 4.90 Å². The third kappa shape index (κ3) is 9.57. The first kappa shape index (κ1) is 36.4. The molecule has 47 heavy (non-hydrogen) atoms. The molecule has 0 unspecified atom stereocenters. The molecule has 0 aromatic heterocycles. The summed E-state index contributed by atoms with van der Waals surface area (Å²) in [5.74, 6) is -0.208. The maximum atomic E-state index is 14.2. The van der Waals surface area contributed by atoms with Crippen molar-refractivity contribution in [3.05, 3.63) is 60.2 Å². The molecule has 5 atom stereocenters. The van der Waals surface area contributed by atoms with Crippen LogP contribution in [0.3, 0.4) is 0 Å². The maximum absolute atomic E-state index is 14.2. The molecule has 2 aromatic carbocycles. The monoisotopic (exact) mass is 676 g/mol. The fraction of sp³-hybridized carbons (Fsp3) is 0.576. The number of aliphatic hydroxyl groups is 1. The van der Waals surface area contributed by atoms with E-state index in [0.29, 0.717) is 25.1 Å². The van der Waals surface area contributed by atoms with E-state index in [0.717, 1.165) is 5.56 Å². The molecule has 0 radical (unpaired) electrons. The molecule has 0 bridgehead atoms. The number of nitrogens with zero attached hydrogens (tertiary/aromatic N) is 2. The predicted octanol–water partition coefficient (Wildman–Crippen LogP) is 3.52. The summed E-state index contributed by atoms with van der Waals surface area (Å²) in [7, 11) is -4.19. The zero-order valence-corrected chi connectivity index (χ0v) is 28.3. The van der Waals surface area contributed by atoms with Crippen LogP contribution in [-0.2, 0) is 30.7 Å². The number of anilines is 1. The zero-order valence-electron chi connectivity index (χ0n) is 27.4. The number of ether oxygens (including phenoxy) is 3. The average molecular weight is 677 g/mol. The summed E-state index contributed by atoms with van der Waals surface area (Å²) in [5, 5.41) is 25.2. The van der Waals surface area contributed by atoms with Crippen LogP contribution in [-0.4, -0.2) is 103 Å². The molecule has 14 heteroatoms. The lowest BCUT2D eigenvalue weighted by atomic mass is 9.89. The number of alkyl carbamates (subject to hydrolysis) is 1. The molecule has 5 N–H and O–H groups in total. The Hall–Kier alpha value is -3.43. The Morgan fingerprint density at radius 2 is 1.79 bits per heavy atom. The van der Waals surface area contributed by atoms with Gasteiger partial charge in [0.15, 0.2) is 6.29 Å². The van der Waals surface area contributed by atoms with Crippen molar-refractivity contribution in [2.45, 2.75) is 82.4 Å². The van der Waals surface area contributed by atoms with E-state index < -0.39 is 58.6 Å². The van der Waals surface area contributed by atoms with E-state index in [1.54, 1.807) is 13.8 Å². The topological polar surface area (TPSA) is 181 Å². The number of carbonyl (C=O) groups is 2. The highest BCUT2D eigenvalue weighted by Crippen LogP contribution is 2.36. The van der Waals surface area contributed by atoms with Crippen molar-refractivity contribution in [1.82, 2.24) is 14.5 Å². The van der Waals surface area contributed by atoms with E-state index in [-0.39, 0.29) is 43.0 Å². The largest absolute Gasteiger partial charge is 0.465 e. The average Bonchev–Trinajstić information content (AvgIpc) is 3.61. The van der Waals surface area contributed by atoms with Crippen molar-refractivity contribution in [2.24, 2.45) is 11.3 Å². The Balaban J connectivity index is 1.65. The van der Waals surface area contributed by atoms with Gasteiger partial charge in [0.1, 0.15) is 0 Å². The molecular weight excluding hydrogens is 628 g/mol. The molecule has 2 saturated heterocycles. The second-order valence-electron chi connectivity index (χ2n) is 13.3. The van der Waals surface area contributed by atoms with E-state index in [1.165, 1.54) is 33.5 Å². The highest BCUT2D eigenvalue weighted by molar-refractivity contribution is 7.89. The van der Waals surface area contributed by atoms with Crippen molar-refractivity contribution in [3.63, 3.8) is 0 Å². The fourth-order valence-corrected chi connectivity index (χ4v) is 7.86. The number of fused-ring (bicyclic) bond motifs is 1. The molecule has 4 rings (SSSR count). The Kier molecular flexibility index (Phi) is 12.1. The third-order valence-electron chi connectivity index (χ3n) is 8.60. The van der Waals surface area contributed by atoms with Gasteiger partial charge in [0.05, 0.1) is 42.4 Å². The van der Waals surface area contributed by atoms with Gasteiger partial charge in [-0.2, -0.15) is 4.31 Å². The molecule has 2 fully saturated rings. The van der Waals surface area contributed by atoms with Crippen LogP contribution in [0.15, 0.2) is 59.5 Å². The van der Waals surface area contributed by atoms with Crippen molar-refractivity contribution < 1.29 is 42.4 Å². The van der Waals surface area contributed by atoms with Crippen LogP contribution in [0.25, 0.3) is 0 Å². The molecular formula is C33H48N4O9S. The van der Waals surface area contributed by atoms with Gasteiger partial charge in [-0.1, -0.05) is 44.2 Å². The quantitative estimate of drug-likeness (QED) is 0.204. The number of amides is 2. The van der Waals surface area contributed by atoms with Crippen LogP contribution in [0.2, 0.25) is 0 Å². The van der Waals surface area contributed by atoms with Crippen LogP contribution < -0.4 is 11.1 Å². The number of sulfonamides is 1. The van der Waals surface area contributed by atoms with Crippen molar-refractivity contribution in [1.29, 1.82) is 0 Å². The summed E-state index contributed by atoms with van der Waals surface area (Å²) in [5.41, 5.74) is 6.33. The molecule has 2 aliphatic heterocycles. The molecule has 0 spiro atoms. The predicted molar refractivity (Wildman–Crippen MR) is 175 cm³/mol. The van der Waals surface area contributed by atoms with Crippen molar-refractivity contribution in [3.8, 4) is 0 Å². The van der Waals surface area contributed by atoms with E-state index in [1.807, 2.05) is 44.2 Å². The van der Waals surface area contributed by atoms with Gasteiger partial charge in [0, 0.05) is 31.2 Å². The molecule has 13 nitrogen and oxygen atoms in total. The summed E-state index contributed by atoms with van der Waals surface area (Å²) in [4.78, 5) is 26.2. The van der Waals surface area contributed by atoms with E-state index in [9.17, 15) is 28.2 Å². The Bertz CT molecular complexity index is 1440. The Morgan fingerprint density at radius 1 is 1.11 bits per heavy atom. The first-order valence-corrected chi connectivity index (χ1v) is 17.4.